The molecule has 6 nitrogen and oxygen atoms in total. The van der Waals surface area contributed by atoms with Gasteiger partial charge in [-0.15, -0.1) is 0 Å². The zero-order chi connectivity index (χ0) is 15.1. The number of hydrogen-bond donors (Lipinski definition) is 0. The standard InChI is InChI=1S/C14H17NO5/c1-3-4-7-11(16)9-10-6-5-8-12(14(17)20-2)13(10)15(18)19/h5-6,8H,3-4,7,9H2,1-2H3. The first kappa shape index (κ1) is 15.8. The van der Waals surface area contributed by atoms with Crippen LogP contribution in [0.1, 0.15) is 42.1 Å². The highest BCUT2D eigenvalue weighted by atomic mass is 16.6. The largest absolute Gasteiger partial charge is 0.465 e. The van der Waals surface area contributed by atoms with Crippen LogP contribution in [-0.2, 0) is 16.0 Å². The summed E-state index contributed by atoms with van der Waals surface area (Å²) in [6, 6.07) is 4.33. The second-order valence-electron chi connectivity index (χ2n) is 4.38. The van der Waals surface area contributed by atoms with Crippen LogP contribution >= 0.6 is 0 Å². The number of ether oxygens (including phenoxy) is 1. The molecule has 0 unspecified atom stereocenters. The van der Waals surface area contributed by atoms with Crippen molar-refractivity contribution in [2.24, 2.45) is 0 Å². The van der Waals surface area contributed by atoms with E-state index in [1.807, 2.05) is 6.92 Å². The molecule has 1 rings (SSSR count). The maximum absolute atomic E-state index is 11.8. The third kappa shape index (κ3) is 3.88. The van der Waals surface area contributed by atoms with Crippen LogP contribution < -0.4 is 0 Å². The van der Waals surface area contributed by atoms with Crippen LogP contribution in [0.25, 0.3) is 0 Å². The fraction of sp³-hybridized carbons (Fsp3) is 0.429. The summed E-state index contributed by atoms with van der Waals surface area (Å²) in [6.07, 6.45) is 1.98. The van der Waals surface area contributed by atoms with E-state index in [2.05, 4.69) is 4.74 Å². The molecule has 1 aromatic rings. The van der Waals surface area contributed by atoms with Crippen molar-refractivity contribution in [1.82, 2.24) is 0 Å². The first-order valence-electron chi connectivity index (χ1n) is 6.37. The van der Waals surface area contributed by atoms with E-state index in [1.165, 1.54) is 18.2 Å². The van der Waals surface area contributed by atoms with Crippen molar-refractivity contribution in [3.63, 3.8) is 0 Å². The van der Waals surface area contributed by atoms with Gasteiger partial charge in [-0.25, -0.2) is 4.79 Å². The predicted octanol–water partition coefficient (Wildman–Crippen LogP) is 2.68. The summed E-state index contributed by atoms with van der Waals surface area (Å²) < 4.78 is 4.52. The number of nitrogens with zero attached hydrogens (tertiary/aromatic N) is 1. The van der Waals surface area contributed by atoms with E-state index >= 15 is 0 Å². The molecule has 1 aromatic carbocycles. The second kappa shape index (κ2) is 7.37. The van der Waals surface area contributed by atoms with Gasteiger partial charge in [0.15, 0.2) is 0 Å². The molecule has 6 heteroatoms. The molecule has 20 heavy (non-hydrogen) atoms. The predicted molar refractivity (Wildman–Crippen MR) is 72.7 cm³/mol. The number of methoxy groups -OCH3 is 1. The van der Waals surface area contributed by atoms with Crippen molar-refractivity contribution in [2.75, 3.05) is 7.11 Å². The monoisotopic (exact) mass is 279 g/mol. The number of nitro groups is 1. The first-order valence-corrected chi connectivity index (χ1v) is 6.37. The first-order chi connectivity index (χ1) is 9.51. The Hall–Kier alpha value is -2.24. The van der Waals surface area contributed by atoms with Crippen molar-refractivity contribution in [3.05, 3.63) is 39.4 Å². The number of hydrogen-bond acceptors (Lipinski definition) is 5. The quantitative estimate of drug-likeness (QED) is 0.435. The number of nitro benzene ring substituents is 1. The highest BCUT2D eigenvalue weighted by Gasteiger charge is 2.25. The molecule has 0 saturated heterocycles. The van der Waals surface area contributed by atoms with E-state index < -0.39 is 10.9 Å². The highest BCUT2D eigenvalue weighted by Crippen LogP contribution is 2.25. The summed E-state index contributed by atoms with van der Waals surface area (Å²) in [4.78, 5) is 33.8. The number of ketones is 1. The molecule has 0 spiro atoms. The third-order valence-electron chi connectivity index (χ3n) is 2.90. The zero-order valence-corrected chi connectivity index (χ0v) is 11.5. The highest BCUT2D eigenvalue weighted by molar-refractivity contribution is 5.95. The molecule has 0 aliphatic carbocycles. The van der Waals surface area contributed by atoms with Gasteiger partial charge in [-0.2, -0.15) is 0 Å². The van der Waals surface area contributed by atoms with Crippen molar-refractivity contribution in [2.45, 2.75) is 32.6 Å². The summed E-state index contributed by atoms with van der Waals surface area (Å²) >= 11 is 0. The average Bonchev–Trinajstić information content (AvgIpc) is 2.43. The van der Waals surface area contributed by atoms with Gasteiger partial charge in [0.05, 0.1) is 12.0 Å². The van der Waals surface area contributed by atoms with E-state index in [0.717, 1.165) is 20.0 Å². The number of unbranched alkanes of at least 4 members (excludes halogenated alkanes) is 1. The molecule has 0 radical (unpaired) electrons. The summed E-state index contributed by atoms with van der Waals surface area (Å²) in [5, 5.41) is 11.1. The van der Waals surface area contributed by atoms with Crippen LogP contribution in [0.2, 0.25) is 0 Å². The SMILES string of the molecule is CCCCC(=O)Cc1cccc(C(=O)OC)c1[N+](=O)[O-]. The number of carbonyl (C=O) groups excluding carboxylic acids is 2. The molecule has 108 valence electrons. The molecule has 0 saturated carbocycles. The molecule has 0 aliphatic heterocycles. The number of para-hydroxylation sites is 1. The number of benzene rings is 1. The van der Waals surface area contributed by atoms with Gasteiger partial charge in [0.25, 0.3) is 5.69 Å². The Bertz CT molecular complexity index is 524. The van der Waals surface area contributed by atoms with Crippen LogP contribution in [0.15, 0.2) is 18.2 Å². The molecule has 0 bridgehead atoms. The average molecular weight is 279 g/mol. The minimum Gasteiger partial charge on any atom is -0.465 e. The summed E-state index contributed by atoms with van der Waals surface area (Å²) in [5.74, 6) is -0.850. The van der Waals surface area contributed by atoms with Gasteiger partial charge in [0, 0.05) is 18.4 Å². The van der Waals surface area contributed by atoms with Gasteiger partial charge in [-0.1, -0.05) is 25.5 Å². The van der Waals surface area contributed by atoms with Crippen molar-refractivity contribution < 1.29 is 19.2 Å². The Morgan fingerprint density at radius 1 is 1.35 bits per heavy atom. The van der Waals surface area contributed by atoms with Gasteiger partial charge in [-0.05, 0) is 12.5 Å². The molecular weight excluding hydrogens is 262 g/mol. The zero-order valence-electron chi connectivity index (χ0n) is 11.5. The Morgan fingerprint density at radius 3 is 2.60 bits per heavy atom. The fourth-order valence-corrected chi connectivity index (χ4v) is 1.90. The number of Topliss-reactive ketones (excluding diaryl/α,β-unsaturated/α-hetero) is 1. The van der Waals surface area contributed by atoms with Crippen LogP contribution in [0.5, 0.6) is 0 Å². The van der Waals surface area contributed by atoms with Gasteiger partial charge in [-0.3, -0.25) is 14.9 Å². The lowest BCUT2D eigenvalue weighted by Crippen LogP contribution is -2.10. The number of esters is 1. The fourth-order valence-electron chi connectivity index (χ4n) is 1.90. The maximum Gasteiger partial charge on any atom is 0.344 e. The Labute approximate surface area is 116 Å². The molecule has 0 atom stereocenters. The molecule has 0 fully saturated rings. The van der Waals surface area contributed by atoms with Crippen LogP contribution in [-0.4, -0.2) is 23.8 Å². The molecule has 0 amide bonds. The van der Waals surface area contributed by atoms with E-state index in [-0.39, 0.29) is 29.0 Å². The summed E-state index contributed by atoms with van der Waals surface area (Å²) in [7, 11) is 1.16. The maximum atomic E-state index is 11.8. The lowest BCUT2D eigenvalue weighted by atomic mass is 10.0. The van der Waals surface area contributed by atoms with Gasteiger partial charge in [0.1, 0.15) is 11.3 Å². The number of rotatable bonds is 7. The second-order valence-corrected chi connectivity index (χ2v) is 4.38. The molecule has 0 heterocycles. The minimum absolute atomic E-state index is 0.0405. The summed E-state index contributed by atoms with van der Waals surface area (Å²) in [5.41, 5.74) is -0.221. The van der Waals surface area contributed by atoms with Crippen molar-refractivity contribution >= 4 is 17.4 Å². The lowest BCUT2D eigenvalue weighted by Gasteiger charge is -2.06. The van der Waals surface area contributed by atoms with Gasteiger partial charge >= 0.3 is 5.97 Å². The van der Waals surface area contributed by atoms with E-state index in [1.54, 1.807) is 0 Å². The van der Waals surface area contributed by atoms with Crippen LogP contribution in [0, 0.1) is 10.1 Å². The van der Waals surface area contributed by atoms with E-state index in [9.17, 15) is 19.7 Å². The Balaban J connectivity index is 3.10. The minimum atomic E-state index is -0.778. The Morgan fingerprint density at radius 2 is 2.05 bits per heavy atom. The van der Waals surface area contributed by atoms with E-state index in [4.69, 9.17) is 0 Å². The topological polar surface area (TPSA) is 86.5 Å². The van der Waals surface area contributed by atoms with Crippen molar-refractivity contribution in [1.29, 1.82) is 0 Å². The summed E-state index contributed by atoms with van der Waals surface area (Å²) in [6.45, 7) is 1.97. The van der Waals surface area contributed by atoms with Crippen molar-refractivity contribution in [3.8, 4) is 0 Å². The lowest BCUT2D eigenvalue weighted by molar-refractivity contribution is -0.385. The smallest absolute Gasteiger partial charge is 0.344 e. The molecular formula is C14H17NO5. The molecule has 0 aliphatic rings. The molecule has 0 aromatic heterocycles. The van der Waals surface area contributed by atoms with Gasteiger partial charge < -0.3 is 4.74 Å². The number of carbonyl (C=O) groups is 2. The van der Waals surface area contributed by atoms with Crippen LogP contribution in [0.4, 0.5) is 5.69 Å². The Kier molecular flexibility index (Phi) is 5.83. The normalized spacial score (nSPS) is 10.1. The van der Waals surface area contributed by atoms with Gasteiger partial charge in [0.2, 0.25) is 0 Å². The van der Waals surface area contributed by atoms with Crippen LogP contribution in [0.3, 0.4) is 0 Å². The molecule has 0 N–H and O–H groups in total. The van der Waals surface area contributed by atoms with E-state index in [0.29, 0.717) is 6.42 Å². The third-order valence-corrected chi connectivity index (χ3v) is 2.90.